The van der Waals surface area contributed by atoms with E-state index < -0.39 is 14.5 Å². The summed E-state index contributed by atoms with van der Waals surface area (Å²) in [6.07, 6.45) is 8.38. The molecule has 1 saturated heterocycles. The molecule has 96 valence electrons. The van der Waals surface area contributed by atoms with E-state index in [-0.39, 0.29) is 10.8 Å². The molecule has 0 amide bonds. The predicted octanol–water partition coefficient (Wildman–Crippen LogP) is 3.27. The van der Waals surface area contributed by atoms with Crippen molar-refractivity contribution in [2.75, 3.05) is 5.75 Å². The summed E-state index contributed by atoms with van der Waals surface area (Å²) in [5, 5.41) is 0. The van der Waals surface area contributed by atoms with Crippen LogP contribution >= 0.6 is 11.6 Å². The largest absolute Gasteiger partial charge is 0.227 e. The van der Waals surface area contributed by atoms with Gasteiger partial charge >= 0.3 is 0 Å². The Kier molecular flexibility index (Phi) is 2.48. The lowest BCUT2D eigenvalue weighted by Crippen LogP contribution is -2.47. The number of hydrogen-bond acceptors (Lipinski definition) is 2. The second-order valence-corrected chi connectivity index (χ2v) is 8.98. The molecule has 0 radical (unpaired) electrons. The molecule has 2 fully saturated rings. The van der Waals surface area contributed by atoms with Crippen molar-refractivity contribution < 1.29 is 8.42 Å². The fraction of sp³-hybridized carbons (Fsp3) is 0.846. The molecule has 0 aromatic rings. The van der Waals surface area contributed by atoms with Crippen molar-refractivity contribution in [3.05, 3.63) is 11.6 Å². The Labute approximate surface area is 108 Å². The van der Waals surface area contributed by atoms with Crippen molar-refractivity contribution in [2.24, 2.45) is 10.8 Å². The van der Waals surface area contributed by atoms with Crippen molar-refractivity contribution >= 4 is 21.4 Å². The van der Waals surface area contributed by atoms with Gasteiger partial charge in [-0.1, -0.05) is 24.5 Å². The van der Waals surface area contributed by atoms with Crippen LogP contribution < -0.4 is 0 Å². The first-order chi connectivity index (χ1) is 7.92. The lowest BCUT2D eigenvalue weighted by molar-refractivity contribution is 0.0229. The molecule has 1 aliphatic heterocycles. The molecule has 1 saturated carbocycles. The van der Waals surface area contributed by atoms with Crippen molar-refractivity contribution in [3.63, 3.8) is 0 Å². The van der Waals surface area contributed by atoms with E-state index in [2.05, 4.69) is 13.0 Å². The van der Waals surface area contributed by atoms with E-state index in [0.29, 0.717) is 5.75 Å². The predicted molar refractivity (Wildman–Crippen MR) is 69.8 cm³/mol. The Morgan fingerprint density at radius 1 is 1.35 bits per heavy atom. The van der Waals surface area contributed by atoms with E-state index in [9.17, 15) is 8.42 Å². The maximum Gasteiger partial charge on any atom is 0.168 e. The molecule has 3 aliphatic rings. The van der Waals surface area contributed by atoms with E-state index in [0.717, 1.165) is 38.5 Å². The van der Waals surface area contributed by atoms with E-state index in [1.54, 1.807) is 0 Å². The molecule has 4 heteroatoms. The summed E-state index contributed by atoms with van der Waals surface area (Å²) in [6.45, 7) is 2.11. The van der Waals surface area contributed by atoms with Crippen LogP contribution in [0.25, 0.3) is 0 Å². The molecule has 2 nitrogen and oxygen atoms in total. The average Bonchev–Trinajstić information content (AvgIpc) is 2.45. The maximum absolute atomic E-state index is 12.2. The monoisotopic (exact) mass is 274 g/mol. The van der Waals surface area contributed by atoms with Gasteiger partial charge in [-0.25, -0.2) is 8.42 Å². The Morgan fingerprint density at radius 2 is 2.06 bits per heavy atom. The van der Waals surface area contributed by atoms with E-state index >= 15 is 0 Å². The highest BCUT2D eigenvalue weighted by Crippen LogP contribution is 2.67. The third-order valence-electron chi connectivity index (χ3n) is 5.25. The molecule has 0 spiro atoms. The van der Waals surface area contributed by atoms with Crippen LogP contribution in [0.5, 0.6) is 0 Å². The van der Waals surface area contributed by atoms with Gasteiger partial charge in [-0.15, -0.1) is 11.6 Å². The zero-order valence-electron chi connectivity index (χ0n) is 10.2. The fourth-order valence-corrected chi connectivity index (χ4v) is 7.66. The van der Waals surface area contributed by atoms with Crippen LogP contribution in [0.4, 0.5) is 0 Å². The molecule has 17 heavy (non-hydrogen) atoms. The molecule has 3 unspecified atom stereocenters. The standard InChI is InChI=1S/C13H19ClO2S/c1-10-4-7-12-5-2-3-6-13(12,8-10)11(14)17(15,16)9-12/h4,11H,2-3,5-9H2,1H3. The smallest absolute Gasteiger partial charge is 0.168 e. The number of halogens is 1. The molecule has 0 aromatic carbocycles. The van der Waals surface area contributed by atoms with Gasteiger partial charge in [0.25, 0.3) is 0 Å². The van der Waals surface area contributed by atoms with E-state index in [4.69, 9.17) is 11.6 Å². The van der Waals surface area contributed by atoms with Gasteiger partial charge in [0.05, 0.1) is 5.75 Å². The summed E-state index contributed by atoms with van der Waals surface area (Å²) in [6, 6.07) is 0. The number of sulfone groups is 1. The first-order valence-electron chi connectivity index (χ1n) is 6.43. The number of hydrogen-bond donors (Lipinski definition) is 0. The highest BCUT2D eigenvalue weighted by Gasteiger charge is 2.66. The molecule has 0 aromatic heterocycles. The Morgan fingerprint density at radius 3 is 2.82 bits per heavy atom. The molecule has 2 aliphatic carbocycles. The van der Waals surface area contributed by atoms with Crippen molar-refractivity contribution in [1.82, 2.24) is 0 Å². The van der Waals surface area contributed by atoms with Crippen LogP contribution in [0.3, 0.4) is 0 Å². The van der Waals surface area contributed by atoms with Gasteiger partial charge in [-0.2, -0.15) is 0 Å². The van der Waals surface area contributed by atoms with Crippen LogP contribution in [0.15, 0.2) is 11.6 Å². The third-order valence-corrected chi connectivity index (χ3v) is 8.52. The van der Waals surface area contributed by atoms with Gasteiger partial charge in [-0.3, -0.25) is 0 Å². The van der Waals surface area contributed by atoms with Crippen LogP contribution in [0.1, 0.15) is 45.4 Å². The number of allylic oxidation sites excluding steroid dienone is 2. The lowest BCUT2D eigenvalue weighted by Gasteiger charge is -2.52. The molecule has 3 rings (SSSR count). The van der Waals surface area contributed by atoms with Gasteiger partial charge in [-0.05, 0) is 38.0 Å². The normalized spacial score (nSPS) is 48.1. The van der Waals surface area contributed by atoms with Gasteiger partial charge in [0.15, 0.2) is 9.84 Å². The van der Waals surface area contributed by atoms with Gasteiger partial charge < -0.3 is 0 Å². The quantitative estimate of drug-likeness (QED) is 0.502. The zero-order chi connectivity index (χ0) is 12.3. The summed E-state index contributed by atoms with van der Waals surface area (Å²) in [7, 11) is -3.10. The first-order valence-corrected chi connectivity index (χ1v) is 8.58. The second kappa shape index (κ2) is 3.51. The van der Waals surface area contributed by atoms with Crippen molar-refractivity contribution in [2.45, 2.75) is 50.2 Å². The van der Waals surface area contributed by atoms with Gasteiger partial charge in [0.1, 0.15) is 4.71 Å². The van der Waals surface area contributed by atoms with E-state index in [1.165, 1.54) is 5.57 Å². The maximum atomic E-state index is 12.2. The SMILES string of the molecule is CC1=CCC23CCCCC2(C1)C(Cl)S(=O)(=O)C3. The number of alkyl halides is 1. The summed E-state index contributed by atoms with van der Waals surface area (Å²) >= 11 is 6.39. The van der Waals surface area contributed by atoms with Crippen LogP contribution in [-0.2, 0) is 9.84 Å². The van der Waals surface area contributed by atoms with Gasteiger partial charge in [0.2, 0.25) is 0 Å². The third kappa shape index (κ3) is 1.42. The Balaban J connectivity index is 2.17. The molecule has 3 atom stereocenters. The minimum Gasteiger partial charge on any atom is -0.227 e. The minimum absolute atomic E-state index is 0.0456. The van der Waals surface area contributed by atoms with Gasteiger partial charge in [0, 0.05) is 5.41 Å². The summed E-state index contributed by atoms with van der Waals surface area (Å²) in [5.41, 5.74) is 1.12. The summed E-state index contributed by atoms with van der Waals surface area (Å²) < 4.78 is 23.8. The fourth-order valence-electron chi connectivity index (χ4n) is 4.45. The lowest BCUT2D eigenvalue weighted by atomic mass is 9.52. The summed E-state index contributed by atoms with van der Waals surface area (Å²) in [4.78, 5) is 0. The topological polar surface area (TPSA) is 34.1 Å². The molecular formula is C13H19ClO2S. The zero-order valence-corrected chi connectivity index (χ0v) is 11.8. The van der Waals surface area contributed by atoms with Crippen LogP contribution in [0, 0.1) is 10.8 Å². The highest BCUT2D eigenvalue weighted by molar-refractivity contribution is 7.93. The molecule has 0 bridgehead atoms. The molecular weight excluding hydrogens is 256 g/mol. The Bertz CT molecular complexity index is 482. The van der Waals surface area contributed by atoms with Crippen molar-refractivity contribution in [1.29, 1.82) is 0 Å². The molecule has 0 N–H and O–H groups in total. The number of rotatable bonds is 0. The van der Waals surface area contributed by atoms with E-state index in [1.807, 2.05) is 0 Å². The van der Waals surface area contributed by atoms with Crippen molar-refractivity contribution in [3.8, 4) is 0 Å². The average molecular weight is 275 g/mol. The second-order valence-electron chi connectivity index (χ2n) is 6.20. The summed E-state index contributed by atoms with van der Waals surface area (Å²) in [5.74, 6) is 0.317. The van der Waals surface area contributed by atoms with Crippen LogP contribution in [-0.4, -0.2) is 18.9 Å². The minimum atomic E-state index is -3.10. The first kappa shape index (κ1) is 12.0. The van der Waals surface area contributed by atoms with Crippen LogP contribution in [0.2, 0.25) is 0 Å². The Hall–Kier alpha value is -0.0200. The highest BCUT2D eigenvalue weighted by atomic mass is 35.5. The molecule has 1 heterocycles.